The first-order valence-electron chi connectivity index (χ1n) is 4.87. The first kappa shape index (κ1) is 11.8. The molecule has 0 unspecified atom stereocenters. The van der Waals surface area contributed by atoms with Gasteiger partial charge in [-0.05, 0) is 18.9 Å². The molecule has 4 N–H and O–H groups in total. The molecule has 1 heterocycles. The van der Waals surface area contributed by atoms with Crippen LogP contribution in [-0.2, 0) is 10.0 Å². The van der Waals surface area contributed by atoms with Crippen molar-refractivity contribution in [1.82, 2.24) is 4.98 Å². The van der Waals surface area contributed by atoms with Crippen LogP contribution in [-0.4, -0.2) is 25.4 Å². The van der Waals surface area contributed by atoms with Crippen molar-refractivity contribution < 1.29 is 17.9 Å². The van der Waals surface area contributed by atoms with Gasteiger partial charge < -0.3 is 10.5 Å². The van der Waals surface area contributed by atoms with E-state index in [2.05, 4.69) is 4.98 Å². The minimum Gasteiger partial charge on any atom is -0.487 e. The van der Waals surface area contributed by atoms with E-state index in [0.29, 0.717) is 0 Å². The number of carbonyl (C=O) groups excluding carboxylic acids is 1. The van der Waals surface area contributed by atoms with E-state index in [1.54, 1.807) is 0 Å². The second-order valence-corrected chi connectivity index (χ2v) is 5.27. The molecular weight excluding hydrogens is 246 g/mol. The van der Waals surface area contributed by atoms with E-state index in [0.717, 1.165) is 25.1 Å². The molecule has 0 aliphatic heterocycles. The first-order chi connectivity index (χ1) is 7.88. The van der Waals surface area contributed by atoms with Crippen molar-refractivity contribution in [3.05, 3.63) is 18.0 Å². The molecule has 1 fully saturated rings. The van der Waals surface area contributed by atoms with Crippen molar-refractivity contribution in [1.29, 1.82) is 0 Å². The smallest absolute Gasteiger partial charge is 0.267 e. The van der Waals surface area contributed by atoms with Gasteiger partial charge in [0.1, 0.15) is 10.6 Å². The number of nitrogens with zero attached hydrogens (tertiary/aromatic N) is 1. The minimum atomic E-state index is -3.98. The van der Waals surface area contributed by atoms with Crippen LogP contribution in [0, 0.1) is 0 Å². The molecule has 0 radical (unpaired) electrons. The lowest BCUT2D eigenvalue weighted by atomic mass is 10.3. The highest BCUT2D eigenvalue weighted by Gasteiger charge is 2.27. The first-order valence-corrected chi connectivity index (χ1v) is 6.42. The van der Waals surface area contributed by atoms with Gasteiger partial charge in [-0.1, -0.05) is 0 Å². The number of nitrogens with two attached hydrogens (primary N) is 2. The molecule has 1 aromatic rings. The van der Waals surface area contributed by atoms with Gasteiger partial charge in [-0.15, -0.1) is 0 Å². The number of pyridine rings is 1. The van der Waals surface area contributed by atoms with Gasteiger partial charge in [-0.3, -0.25) is 4.79 Å². The van der Waals surface area contributed by atoms with Gasteiger partial charge >= 0.3 is 0 Å². The molecule has 0 aromatic carbocycles. The monoisotopic (exact) mass is 257 g/mol. The fourth-order valence-electron chi connectivity index (χ4n) is 1.24. The number of primary amides is 1. The van der Waals surface area contributed by atoms with E-state index < -0.39 is 15.9 Å². The molecule has 92 valence electrons. The quantitative estimate of drug-likeness (QED) is 0.742. The lowest BCUT2D eigenvalue weighted by molar-refractivity contribution is 0.0995. The number of sulfonamides is 1. The highest BCUT2D eigenvalue weighted by Crippen LogP contribution is 2.30. The number of rotatable bonds is 4. The number of amides is 1. The van der Waals surface area contributed by atoms with Crippen LogP contribution >= 0.6 is 0 Å². The van der Waals surface area contributed by atoms with Crippen molar-refractivity contribution >= 4 is 15.9 Å². The molecule has 8 heteroatoms. The van der Waals surface area contributed by atoms with Gasteiger partial charge in [0.05, 0.1) is 12.3 Å². The van der Waals surface area contributed by atoms with E-state index in [9.17, 15) is 13.2 Å². The van der Waals surface area contributed by atoms with Crippen LogP contribution in [0.1, 0.15) is 23.3 Å². The second-order valence-electron chi connectivity index (χ2n) is 3.74. The number of carbonyl (C=O) groups is 1. The topological polar surface area (TPSA) is 125 Å². The average molecular weight is 257 g/mol. The molecule has 1 amide bonds. The number of primary sulfonamides is 1. The summed E-state index contributed by atoms with van der Waals surface area (Å²) >= 11 is 0. The maximum absolute atomic E-state index is 11.3. The molecular formula is C9H11N3O4S. The van der Waals surface area contributed by atoms with Crippen LogP contribution in [0.5, 0.6) is 5.75 Å². The summed E-state index contributed by atoms with van der Waals surface area (Å²) in [6.07, 6.45) is 2.87. The molecule has 0 atom stereocenters. The Kier molecular flexibility index (Phi) is 2.76. The fraction of sp³-hybridized carbons (Fsp3) is 0.333. The van der Waals surface area contributed by atoms with Crippen LogP contribution in [0.3, 0.4) is 0 Å². The summed E-state index contributed by atoms with van der Waals surface area (Å²) in [6, 6.07) is 1.02. The highest BCUT2D eigenvalue weighted by atomic mass is 32.2. The van der Waals surface area contributed by atoms with E-state index >= 15 is 0 Å². The Morgan fingerprint density at radius 2 is 2.12 bits per heavy atom. The van der Waals surface area contributed by atoms with E-state index in [4.69, 9.17) is 15.6 Å². The maximum Gasteiger partial charge on any atom is 0.267 e. The SMILES string of the molecule is NC(=O)c1cc(S(N)(=O)=O)c(OC2CC2)cn1. The summed E-state index contributed by atoms with van der Waals surface area (Å²) in [7, 11) is -3.98. The Balaban J connectivity index is 2.47. The van der Waals surface area contributed by atoms with Crippen LogP contribution in [0.2, 0.25) is 0 Å². The van der Waals surface area contributed by atoms with Gasteiger partial charge in [-0.25, -0.2) is 18.5 Å². The Hall–Kier alpha value is -1.67. The Morgan fingerprint density at radius 1 is 1.47 bits per heavy atom. The van der Waals surface area contributed by atoms with Crippen LogP contribution in [0.4, 0.5) is 0 Å². The zero-order chi connectivity index (χ0) is 12.6. The van der Waals surface area contributed by atoms with Crippen molar-refractivity contribution in [2.24, 2.45) is 10.9 Å². The zero-order valence-corrected chi connectivity index (χ0v) is 9.61. The van der Waals surface area contributed by atoms with Gasteiger partial charge in [0.25, 0.3) is 5.91 Å². The maximum atomic E-state index is 11.3. The number of hydrogen-bond acceptors (Lipinski definition) is 5. The Bertz CT molecular complexity index is 566. The summed E-state index contributed by atoms with van der Waals surface area (Å²) < 4.78 is 28.0. The number of hydrogen-bond donors (Lipinski definition) is 2. The summed E-state index contributed by atoms with van der Waals surface area (Å²) in [5.41, 5.74) is 4.84. The highest BCUT2D eigenvalue weighted by molar-refractivity contribution is 7.89. The van der Waals surface area contributed by atoms with Crippen LogP contribution in [0.25, 0.3) is 0 Å². The predicted octanol–water partition coefficient (Wildman–Crippen LogP) is -0.631. The molecule has 0 bridgehead atoms. The van der Waals surface area contributed by atoms with Crippen LogP contribution < -0.4 is 15.6 Å². The van der Waals surface area contributed by atoms with E-state index in [1.807, 2.05) is 0 Å². The normalized spacial score (nSPS) is 15.6. The zero-order valence-electron chi connectivity index (χ0n) is 8.79. The van der Waals surface area contributed by atoms with Gasteiger partial charge in [-0.2, -0.15) is 0 Å². The lowest BCUT2D eigenvalue weighted by Gasteiger charge is -2.09. The summed E-state index contributed by atoms with van der Waals surface area (Å²) in [6.45, 7) is 0. The summed E-state index contributed by atoms with van der Waals surface area (Å²) in [4.78, 5) is 14.4. The van der Waals surface area contributed by atoms with E-state index in [-0.39, 0.29) is 22.4 Å². The largest absolute Gasteiger partial charge is 0.487 e. The fourth-order valence-corrected chi connectivity index (χ4v) is 1.89. The Morgan fingerprint density at radius 3 is 2.59 bits per heavy atom. The van der Waals surface area contributed by atoms with Crippen molar-refractivity contribution in [3.63, 3.8) is 0 Å². The van der Waals surface area contributed by atoms with Crippen molar-refractivity contribution in [2.75, 3.05) is 0 Å². The molecule has 0 saturated heterocycles. The molecule has 17 heavy (non-hydrogen) atoms. The molecule has 1 aromatic heterocycles. The van der Waals surface area contributed by atoms with Gasteiger partial charge in [0, 0.05) is 0 Å². The molecule has 1 aliphatic carbocycles. The third-order valence-electron chi connectivity index (χ3n) is 2.21. The third kappa shape index (κ3) is 2.71. The van der Waals surface area contributed by atoms with Crippen molar-refractivity contribution in [2.45, 2.75) is 23.8 Å². The van der Waals surface area contributed by atoms with Crippen LogP contribution in [0.15, 0.2) is 17.2 Å². The van der Waals surface area contributed by atoms with E-state index in [1.165, 1.54) is 0 Å². The van der Waals surface area contributed by atoms with Gasteiger partial charge in [0.15, 0.2) is 5.75 Å². The molecule has 1 aliphatic rings. The second kappa shape index (κ2) is 3.97. The van der Waals surface area contributed by atoms with Crippen molar-refractivity contribution in [3.8, 4) is 5.75 Å². The standard InChI is InChI=1S/C9H11N3O4S/c10-9(13)6-3-8(17(11,14)15)7(4-12-6)16-5-1-2-5/h3-5H,1-2H2,(H2,10,13)(H2,11,14,15). The third-order valence-corrected chi connectivity index (χ3v) is 3.14. The average Bonchev–Trinajstić information content (AvgIpc) is 3.00. The molecule has 0 spiro atoms. The molecule has 2 rings (SSSR count). The minimum absolute atomic E-state index is 0.00303. The lowest BCUT2D eigenvalue weighted by Crippen LogP contribution is -2.18. The molecule has 7 nitrogen and oxygen atoms in total. The Labute approximate surface area is 97.8 Å². The van der Waals surface area contributed by atoms with Gasteiger partial charge in [0.2, 0.25) is 10.0 Å². The number of aromatic nitrogens is 1. The molecule has 1 saturated carbocycles. The number of ether oxygens (including phenoxy) is 1. The summed E-state index contributed by atoms with van der Waals surface area (Å²) in [5, 5.41) is 5.04. The summed E-state index contributed by atoms with van der Waals surface area (Å²) in [5.74, 6) is -0.770. The predicted molar refractivity (Wildman–Crippen MR) is 57.8 cm³/mol.